The van der Waals surface area contributed by atoms with Crippen LogP contribution in [0, 0.1) is 6.42 Å². The highest BCUT2D eigenvalue weighted by Gasteiger charge is 2.31. The van der Waals surface area contributed by atoms with Crippen LogP contribution in [0.15, 0.2) is 48.5 Å². The largest absolute Gasteiger partial charge is 0.416 e. The third-order valence-corrected chi connectivity index (χ3v) is 3.68. The second-order valence-electron chi connectivity index (χ2n) is 5.52. The molecule has 0 N–H and O–H groups in total. The molecular weight excluding hydrogens is 301 g/mol. The number of Topliss-reactive ketones (excluding diaryl/α,β-unsaturated/α-hetero) is 1. The molecule has 2 aromatic carbocycles. The first-order valence-electron chi connectivity index (χ1n) is 7.37. The van der Waals surface area contributed by atoms with E-state index in [1.807, 2.05) is 31.5 Å². The lowest BCUT2D eigenvalue weighted by Crippen LogP contribution is -2.13. The van der Waals surface area contributed by atoms with E-state index >= 15 is 0 Å². The van der Waals surface area contributed by atoms with Crippen LogP contribution in [0.25, 0.3) is 0 Å². The molecule has 0 aromatic heterocycles. The predicted molar refractivity (Wildman–Crippen MR) is 84.1 cm³/mol. The molecule has 0 heterocycles. The third-order valence-electron chi connectivity index (χ3n) is 3.68. The number of ketones is 1. The monoisotopic (exact) mass is 319 g/mol. The van der Waals surface area contributed by atoms with E-state index in [0.29, 0.717) is 5.56 Å². The molecule has 2 rings (SSSR count). The number of halogens is 3. The summed E-state index contributed by atoms with van der Waals surface area (Å²) in [6, 6.07) is 12.4. The van der Waals surface area contributed by atoms with Crippen molar-refractivity contribution in [3.63, 3.8) is 0 Å². The summed E-state index contributed by atoms with van der Waals surface area (Å²) in [7, 11) is 0. The first-order chi connectivity index (χ1) is 10.8. The van der Waals surface area contributed by atoms with Gasteiger partial charge in [0.05, 0.1) is 11.5 Å². The van der Waals surface area contributed by atoms with Crippen molar-refractivity contribution in [3.05, 3.63) is 77.2 Å². The van der Waals surface area contributed by atoms with Crippen LogP contribution in [0.1, 0.15) is 42.0 Å². The Bertz CT molecular complexity index is 689. The van der Waals surface area contributed by atoms with Gasteiger partial charge in [0.1, 0.15) is 5.78 Å². The van der Waals surface area contributed by atoms with Gasteiger partial charge in [0.2, 0.25) is 0 Å². The predicted octanol–water partition coefficient (Wildman–Crippen LogP) is 5.19. The van der Waals surface area contributed by atoms with Gasteiger partial charge in [0, 0.05) is 0 Å². The summed E-state index contributed by atoms with van der Waals surface area (Å²) in [4.78, 5) is 12.1. The molecule has 0 saturated carbocycles. The quantitative estimate of drug-likeness (QED) is 0.741. The summed E-state index contributed by atoms with van der Waals surface area (Å²) < 4.78 is 38.7. The van der Waals surface area contributed by atoms with Crippen molar-refractivity contribution in [2.24, 2.45) is 0 Å². The van der Waals surface area contributed by atoms with Crippen LogP contribution in [0.5, 0.6) is 0 Å². The minimum absolute atomic E-state index is 0.179. The van der Waals surface area contributed by atoms with Crippen LogP contribution in [-0.2, 0) is 17.4 Å². The summed E-state index contributed by atoms with van der Waals surface area (Å²) in [6.45, 7) is 3.34. The number of hydrogen-bond donors (Lipinski definition) is 0. The van der Waals surface area contributed by atoms with Crippen molar-refractivity contribution in [3.8, 4) is 0 Å². The molecular formula is C19H18F3O. The van der Waals surface area contributed by atoms with Gasteiger partial charge in [-0.15, -0.1) is 0 Å². The van der Waals surface area contributed by atoms with E-state index in [-0.39, 0.29) is 5.78 Å². The Morgan fingerprint density at radius 1 is 1.09 bits per heavy atom. The van der Waals surface area contributed by atoms with Gasteiger partial charge in [0.15, 0.2) is 0 Å². The highest BCUT2D eigenvalue weighted by molar-refractivity contribution is 5.87. The van der Waals surface area contributed by atoms with Crippen LogP contribution in [0.4, 0.5) is 13.2 Å². The normalized spacial score (nSPS) is 12.9. The molecule has 121 valence electrons. The van der Waals surface area contributed by atoms with E-state index < -0.39 is 17.7 Å². The minimum Gasteiger partial charge on any atom is -0.299 e. The zero-order valence-corrected chi connectivity index (χ0v) is 13.0. The molecule has 0 spiro atoms. The summed E-state index contributed by atoms with van der Waals surface area (Å²) in [5.41, 5.74) is 1.38. The van der Waals surface area contributed by atoms with Crippen molar-refractivity contribution in [1.29, 1.82) is 0 Å². The summed E-state index contributed by atoms with van der Waals surface area (Å²) in [5.74, 6) is -0.865. The molecule has 0 aliphatic carbocycles. The maximum Gasteiger partial charge on any atom is 0.416 e. The molecule has 0 aliphatic rings. The lowest BCUT2D eigenvalue weighted by atomic mass is 9.86. The molecule has 4 heteroatoms. The van der Waals surface area contributed by atoms with Gasteiger partial charge in [-0.3, -0.25) is 4.79 Å². The molecule has 1 unspecified atom stereocenters. The number of alkyl halides is 3. The van der Waals surface area contributed by atoms with E-state index in [9.17, 15) is 18.0 Å². The Hall–Kier alpha value is -2.10. The van der Waals surface area contributed by atoms with Crippen molar-refractivity contribution in [1.82, 2.24) is 0 Å². The van der Waals surface area contributed by atoms with E-state index in [1.54, 1.807) is 12.1 Å². The lowest BCUT2D eigenvalue weighted by Gasteiger charge is -2.17. The topological polar surface area (TPSA) is 17.1 Å². The first kappa shape index (κ1) is 17.3. The van der Waals surface area contributed by atoms with Gasteiger partial charge < -0.3 is 0 Å². The third kappa shape index (κ3) is 4.21. The summed E-state index contributed by atoms with van der Waals surface area (Å²) in [5, 5.41) is 0. The van der Waals surface area contributed by atoms with Gasteiger partial charge >= 0.3 is 6.18 Å². The molecule has 0 amide bonds. The average Bonchev–Trinajstić information content (AvgIpc) is 2.47. The zero-order valence-electron chi connectivity index (χ0n) is 13.0. The number of hydrogen-bond acceptors (Lipinski definition) is 1. The maximum atomic E-state index is 12.9. The van der Waals surface area contributed by atoms with Crippen molar-refractivity contribution < 1.29 is 18.0 Å². The van der Waals surface area contributed by atoms with Gasteiger partial charge in [-0.05, 0) is 42.5 Å². The van der Waals surface area contributed by atoms with Gasteiger partial charge in [-0.25, -0.2) is 0 Å². The fourth-order valence-electron chi connectivity index (χ4n) is 2.69. The fraction of sp³-hybridized carbons (Fsp3) is 0.263. The van der Waals surface area contributed by atoms with Gasteiger partial charge in [-0.1, -0.05) is 49.4 Å². The highest BCUT2D eigenvalue weighted by Crippen LogP contribution is 2.33. The number of carbonyl (C=O) groups excluding carboxylic acids is 1. The van der Waals surface area contributed by atoms with Gasteiger partial charge in [0.25, 0.3) is 0 Å². The summed E-state index contributed by atoms with van der Waals surface area (Å²) >= 11 is 0. The molecule has 1 radical (unpaired) electrons. The number of benzene rings is 2. The first-order valence-corrected chi connectivity index (χ1v) is 7.37. The van der Waals surface area contributed by atoms with Crippen LogP contribution in [0.2, 0.25) is 0 Å². The van der Waals surface area contributed by atoms with E-state index in [1.165, 1.54) is 13.0 Å². The van der Waals surface area contributed by atoms with Crippen molar-refractivity contribution >= 4 is 5.78 Å². The van der Waals surface area contributed by atoms with Crippen molar-refractivity contribution in [2.45, 2.75) is 32.4 Å². The maximum absolute atomic E-state index is 12.9. The molecule has 0 saturated heterocycles. The van der Waals surface area contributed by atoms with Crippen LogP contribution < -0.4 is 0 Å². The molecule has 0 bridgehead atoms. The summed E-state index contributed by atoms with van der Waals surface area (Å²) in [6.07, 6.45) is -1.68. The molecule has 0 fully saturated rings. The average molecular weight is 319 g/mol. The number of carbonyl (C=O) groups is 1. The van der Waals surface area contributed by atoms with Crippen LogP contribution >= 0.6 is 0 Å². The molecule has 1 nitrogen and oxygen atoms in total. The van der Waals surface area contributed by atoms with E-state index in [0.717, 1.165) is 29.7 Å². The number of rotatable bonds is 5. The Labute approximate surface area is 134 Å². The molecule has 23 heavy (non-hydrogen) atoms. The highest BCUT2D eigenvalue weighted by atomic mass is 19.4. The Morgan fingerprint density at radius 2 is 1.70 bits per heavy atom. The second-order valence-corrected chi connectivity index (χ2v) is 5.52. The lowest BCUT2D eigenvalue weighted by molar-refractivity contribution is -0.137. The van der Waals surface area contributed by atoms with E-state index in [4.69, 9.17) is 0 Å². The Morgan fingerprint density at radius 3 is 2.26 bits per heavy atom. The molecule has 2 aromatic rings. The molecule has 0 aliphatic heterocycles. The van der Waals surface area contributed by atoms with Gasteiger partial charge in [-0.2, -0.15) is 13.2 Å². The zero-order chi connectivity index (χ0) is 17.0. The Kier molecular flexibility index (Phi) is 5.24. The Balaban J connectivity index is 2.47. The second kappa shape index (κ2) is 6.99. The van der Waals surface area contributed by atoms with E-state index in [2.05, 4.69) is 0 Å². The SMILES string of the molecule is C[CH]Cc1cccc(C(C(C)=O)c2cccc(C(F)(F)F)c2)c1. The molecule has 1 atom stereocenters. The standard InChI is InChI=1S/C19H18F3O/c1-3-6-14-7-4-8-15(11-14)18(13(2)23)16-9-5-10-17(12-16)19(20,21)22/h3-5,7-12,18H,6H2,1-2H3. The van der Waals surface area contributed by atoms with Crippen molar-refractivity contribution in [2.75, 3.05) is 0 Å². The van der Waals surface area contributed by atoms with Crippen LogP contribution in [0.3, 0.4) is 0 Å². The minimum atomic E-state index is -4.42. The van der Waals surface area contributed by atoms with Crippen LogP contribution in [-0.4, -0.2) is 5.78 Å². The fourth-order valence-corrected chi connectivity index (χ4v) is 2.69. The smallest absolute Gasteiger partial charge is 0.299 e.